The van der Waals surface area contributed by atoms with Gasteiger partial charge in [-0.2, -0.15) is 4.72 Å². The third kappa shape index (κ3) is 3.96. The van der Waals surface area contributed by atoms with Crippen LogP contribution in [0.5, 0.6) is 0 Å². The number of nitrogens with zero attached hydrogens (tertiary/aromatic N) is 2. The van der Waals surface area contributed by atoms with E-state index in [4.69, 9.17) is 0 Å². The molecule has 0 aromatic heterocycles. The first kappa shape index (κ1) is 16.7. The van der Waals surface area contributed by atoms with E-state index in [1.54, 1.807) is 0 Å². The highest BCUT2D eigenvalue weighted by Gasteiger charge is 2.45. The lowest BCUT2D eigenvalue weighted by atomic mass is 9.81. The third-order valence-electron chi connectivity index (χ3n) is 4.59. The summed E-state index contributed by atoms with van der Waals surface area (Å²) in [5.74, 6) is -0.0341. The monoisotopic (exact) mass is 317 g/mol. The zero-order valence-electron chi connectivity index (χ0n) is 13.3. The molecule has 1 saturated carbocycles. The molecule has 0 aromatic rings. The molecule has 1 N–H and O–H groups in total. The fourth-order valence-electron chi connectivity index (χ4n) is 3.59. The van der Waals surface area contributed by atoms with Gasteiger partial charge in [-0.1, -0.05) is 19.3 Å². The first-order valence-corrected chi connectivity index (χ1v) is 9.61. The Hall–Kier alpha value is -0.660. The minimum atomic E-state index is -3.40. The van der Waals surface area contributed by atoms with Gasteiger partial charge in [-0.05, 0) is 26.8 Å². The van der Waals surface area contributed by atoms with Gasteiger partial charge in [0.25, 0.3) is 0 Å². The van der Waals surface area contributed by atoms with Crippen LogP contribution in [0.25, 0.3) is 0 Å². The molecule has 2 rings (SSSR count). The lowest BCUT2D eigenvalue weighted by molar-refractivity contribution is -0.143. The number of carbonyl (C=O) groups is 1. The number of nitrogens with one attached hydrogen (secondary N) is 1. The van der Waals surface area contributed by atoms with E-state index in [9.17, 15) is 13.2 Å². The predicted octanol–water partition coefficient (Wildman–Crippen LogP) is 0.401. The van der Waals surface area contributed by atoms with E-state index in [2.05, 4.69) is 9.62 Å². The van der Waals surface area contributed by atoms with Crippen molar-refractivity contribution in [2.24, 2.45) is 0 Å². The Morgan fingerprint density at radius 3 is 2.33 bits per heavy atom. The highest BCUT2D eigenvalue weighted by atomic mass is 32.2. The van der Waals surface area contributed by atoms with E-state index in [0.717, 1.165) is 38.6 Å². The highest BCUT2D eigenvalue weighted by Crippen LogP contribution is 2.31. The molecular formula is C14H27N3O3S. The van der Waals surface area contributed by atoms with E-state index in [-0.39, 0.29) is 11.9 Å². The summed E-state index contributed by atoms with van der Waals surface area (Å²) < 4.78 is 26.1. The molecule has 1 aliphatic carbocycles. The normalized spacial score (nSPS) is 27.6. The SMILES string of the molecule is CC1CN(C)CCN1C(=O)C1(NS(C)(=O)=O)CCCCC1. The Morgan fingerprint density at radius 2 is 1.81 bits per heavy atom. The zero-order valence-corrected chi connectivity index (χ0v) is 14.1. The van der Waals surface area contributed by atoms with Crippen molar-refractivity contribution < 1.29 is 13.2 Å². The summed E-state index contributed by atoms with van der Waals surface area (Å²) in [6, 6.07) is 0.122. The Bertz CT molecular complexity index is 486. The quantitative estimate of drug-likeness (QED) is 0.818. The van der Waals surface area contributed by atoms with Gasteiger partial charge in [-0.25, -0.2) is 8.42 Å². The first-order valence-electron chi connectivity index (χ1n) is 7.72. The molecule has 1 aliphatic heterocycles. The molecule has 0 bridgehead atoms. The number of amides is 1. The van der Waals surface area contributed by atoms with Crippen molar-refractivity contribution in [1.29, 1.82) is 0 Å². The molecule has 1 saturated heterocycles. The zero-order chi connectivity index (χ0) is 15.7. The lowest BCUT2D eigenvalue weighted by Crippen LogP contribution is -2.64. The minimum absolute atomic E-state index is 0.0341. The molecule has 0 radical (unpaired) electrons. The van der Waals surface area contributed by atoms with Crippen molar-refractivity contribution in [3.8, 4) is 0 Å². The maximum atomic E-state index is 13.1. The Labute approximate surface area is 127 Å². The van der Waals surface area contributed by atoms with Crippen LogP contribution >= 0.6 is 0 Å². The number of sulfonamides is 1. The second-order valence-corrected chi connectivity index (χ2v) is 8.38. The maximum Gasteiger partial charge on any atom is 0.244 e. The van der Waals surface area contributed by atoms with Crippen LogP contribution in [0.4, 0.5) is 0 Å². The molecule has 1 unspecified atom stereocenters. The van der Waals surface area contributed by atoms with Crippen molar-refractivity contribution in [2.75, 3.05) is 32.9 Å². The summed E-state index contributed by atoms with van der Waals surface area (Å²) >= 11 is 0. The molecule has 1 heterocycles. The standard InChI is InChI=1S/C14H27N3O3S/c1-12-11-16(2)9-10-17(12)13(18)14(15-21(3,19)20)7-5-4-6-8-14/h12,15H,4-11H2,1-3H3. The fraction of sp³-hybridized carbons (Fsp3) is 0.929. The largest absolute Gasteiger partial charge is 0.336 e. The van der Waals surface area contributed by atoms with E-state index < -0.39 is 15.6 Å². The molecule has 2 aliphatic rings. The van der Waals surface area contributed by atoms with Crippen LogP contribution in [0.1, 0.15) is 39.0 Å². The fourth-order valence-corrected chi connectivity index (χ4v) is 4.59. The second-order valence-electron chi connectivity index (χ2n) is 6.63. The predicted molar refractivity (Wildman–Crippen MR) is 82.5 cm³/mol. The molecule has 7 heteroatoms. The van der Waals surface area contributed by atoms with Crippen LogP contribution in [-0.2, 0) is 14.8 Å². The molecule has 1 atom stereocenters. The van der Waals surface area contributed by atoms with Crippen molar-refractivity contribution in [2.45, 2.75) is 50.6 Å². The van der Waals surface area contributed by atoms with Crippen LogP contribution in [0, 0.1) is 0 Å². The number of rotatable bonds is 3. The molecule has 21 heavy (non-hydrogen) atoms. The molecule has 122 valence electrons. The average molecular weight is 317 g/mol. The Morgan fingerprint density at radius 1 is 1.19 bits per heavy atom. The molecular weight excluding hydrogens is 290 g/mol. The molecule has 1 amide bonds. The minimum Gasteiger partial charge on any atom is -0.336 e. The summed E-state index contributed by atoms with van der Waals surface area (Å²) in [6.45, 7) is 4.37. The summed E-state index contributed by atoms with van der Waals surface area (Å²) in [6.07, 6.45) is 5.23. The van der Waals surface area contributed by atoms with Gasteiger partial charge in [0.15, 0.2) is 0 Å². The number of piperazine rings is 1. The van der Waals surface area contributed by atoms with Crippen molar-refractivity contribution in [3.05, 3.63) is 0 Å². The number of carbonyl (C=O) groups excluding carboxylic acids is 1. The van der Waals surface area contributed by atoms with Crippen molar-refractivity contribution in [3.63, 3.8) is 0 Å². The van der Waals surface area contributed by atoms with Gasteiger partial charge >= 0.3 is 0 Å². The van der Waals surface area contributed by atoms with Gasteiger partial charge in [0, 0.05) is 25.7 Å². The highest BCUT2D eigenvalue weighted by molar-refractivity contribution is 7.88. The van der Waals surface area contributed by atoms with E-state index >= 15 is 0 Å². The summed E-state index contributed by atoms with van der Waals surface area (Å²) in [4.78, 5) is 17.1. The first-order chi connectivity index (χ1) is 9.73. The van der Waals surface area contributed by atoms with Gasteiger partial charge in [0.1, 0.15) is 5.54 Å². The van der Waals surface area contributed by atoms with Gasteiger partial charge in [-0.15, -0.1) is 0 Å². The molecule has 0 aromatic carbocycles. The number of hydrogen-bond acceptors (Lipinski definition) is 4. The Balaban J connectivity index is 2.22. The van der Waals surface area contributed by atoms with E-state index in [1.165, 1.54) is 0 Å². The van der Waals surface area contributed by atoms with Crippen molar-refractivity contribution in [1.82, 2.24) is 14.5 Å². The molecule has 0 spiro atoms. The van der Waals surface area contributed by atoms with Crippen molar-refractivity contribution >= 4 is 15.9 Å². The van der Waals surface area contributed by atoms with Crippen LogP contribution < -0.4 is 4.72 Å². The summed E-state index contributed by atoms with van der Waals surface area (Å²) in [5.41, 5.74) is -0.921. The van der Waals surface area contributed by atoms with Gasteiger partial charge in [0.05, 0.1) is 6.26 Å². The van der Waals surface area contributed by atoms with E-state index in [0.29, 0.717) is 19.4 Å². The van der Waals surface area contributed by atoms with Crippen LogP contribution in [0.15, 0.2) is 0 Å². The third-order valence-corrected chi connectivity index (χ3v) is 5.35. The lowest BCUT2D eigenvalue weighted by Gasteiger charge is -2.45. The Kier molecular flexibility index (Phi) is 4.95. The van der Waals surface area contributed by atoms with Gasteiger partial charge < -0.3 is 9.80 Å². The number of hydrogen-bond donors (Lipinski definition) is 1. The van der Waals surface area contributed by atoms with E-state index in [1.807, 2.05) is 18.9 Å². The van der Waals surface area contributed by atoms with Gasteiger partial charge in [0.2, 0.25) is 15.9 Å². The molecule has 6 nitrogen and oxygen atoms in total. The maximum absolute atomic E-state index is 13.1. The molecule has 2 fully saturated rings. The van der Waals surface area contributed by atoms with Crippen LogP contribution in [0.2, 0.25) is 0 Å². The second kappa shape index (κ2) is 6.22. The smallest absolute Gasteiger partial charge is 0.244 e. The van der Waals surface area contributed by atoms with Gasteiger partial charge in [-0.3, -0.25) is 4.79 Å². The average Bonchev–Trinajstić information content (AvgIpc) is 2.37. The summed E-state index contributed by atoms with van der Waals surface area (Å²) in [7, 11) is -1.36. The number of likely N-dealkylation sites (N-methyl/N-ethyl adjacent to an activating group) is 1. The van der Waals surface area contributed by atoms with Crippen LogP contribution in [0.3, 0.4) is 0 Å². The van der Waals surface area contributed by atoms with Crippen LogP contribution in [-0.4, -0.2) is 68.6 Å². The topological polar surface area (TPSA) is 69.7 Å². The summed E-state index contributed by atoms with van der Waals surface area (Å²) in [5, 5.41) is 0.